The van der Waals surface area contributed by atoms with Crippen molar-refractivity contribution in [3.8, 4) is 0 Å². The lowest BCUT2D eigenvalue weighted by molar-refractivity contribution is -0.275. The van der Waals surface area contributed by atoms with Crippen LogP contribution in [0.1, 0.15) is 59.3 Å². The molecule has 0 radical (unpaired) electrons. The van der Waals surface area contributed by atoms with Gasteiger partial charge in [0.25, 0.3) is 0 Å². The van der Waals surface area contributed by atoms with Gasteiger partial charge in [-0.2, -0.15) is 0 Å². The predicted molar refractivity (Wildman–Crippen MR) is 89.0 cm³/mol. The van der Waals surface area contributed by atoms with E-state index in [9.17, 15) is 15.0 Å². The number of esters is 1. The third kappa shape index (κ3) is 1.73. The standard InChI is InChI=1S/C20H30O5/c1-18(2)7-4-8-19(3)11-6-5-10-14-16(24-15(10)22)25-17(23)20(11,14)13(21)9-12(18)19/h10-14,16-17,21,23H,4-9H2,1-3H3. The smallest absolute Gasteiger partial charge is 0.311 e. The van der Waals surface area contributed by atoms with Gasteiger partial charge < -0.3 is 19.7 Å². The highest BCUT2D eigenvalue weighted by molar-refractivity contribution is 5.75. The van der Waals surface area contributed by atoms with E-state index in [1.807, 2.05) is 0 Å². The van der Waals surface area contributed by atoms with Crippen LogP contribution in [0.4, 0.5) is 0 Å². The minimum absolute atomic E-state index is 0.0663. The van der Waals surface area contributed by atoms with Crippen LogP contribution < -0.4 is 0 Å². The van der Waals surface area contributed by atoms with E-state index < -0.39 is 24.1 Å². The van der Waals surface area contributed by atoms with E-state index in [2.05, 4.69) is 20.8 Å². The fourth-order valence-electron chi connectivity index (χ4n) is 8.13. The number of hydrogen-bond acceptors (Lipinski definition) is 5. The van der Waals surface area contributed by atoms with Crippen molar-refractivity contribution in [2.24, 2.45) is 39.9 Å². The maximum Gasteiger partial charge on any atom is 0.311 e. The number of carbonyl (C=O) groups excluding carboxylic acids is 1. The highest BCUT2D eigenvalue weighted by Crippen LogP contribution is 2.73. The van der Waals surface area contributed by atoms with Crippen molar-refractivity contribution in [1.82, 2.24) is 0 Å². The SMILES string of the molecule is CC1(C)CCCC2(C)C1CC(O)C13C(O)OC4OC(=O)C(CCC21)C43. The minimum Gasteiger partial charge on any atom is -0.435 e. The molecular formula is C20H30O5. The van der Waals surface area contributed by atoms with Gasteiger partial charge in [0.05, 0.1) is 17.4 Å². The van der Waals surface area contributed by atoms with Crippen LogP contribution in [0.25, 0.3) is 0 Å². The summed E-state index contributed by atoms with van der Waals surface area (Å²) in [5.41, 5.74) is -0.493. The van der Waals surface area contributed by atoms with Crippen molar-refractivity contribution < 1.29 is 24.5 Å². The number of ether oxygens (including phenoxy) is 2. The third-order valence-electron chi connectivity index (χ3n) is 9.01. The number of carbonyl (C=O) groups is 1. The molecule has 25 heavy (non-hydrogen) atoms. The second-order valence-electron chi connectivity index (χ2n) is 10.2. The summed E-state index contributed by atoms with van der Waals surface area (Å²) in [5, 5.41) is 22.3. The number of hydrogen-bond donors (Lipinski definition) is 2. The molecule has 3 saturated carbocycles. The Bertz CT molecular complexity index is 617. The Labute approximate surface area is 149 Å². The molecule has 0 amide bonds. The molecule has 2 saturated heterocycles. The quantitative estimate of drug-likeness (QED) is 0.656. The molecule has 0 aromatic carbocycles. The second-order valence-corrected chi connectivity index (χ2v) is 10.2. The number of fused-ring (bicyclic) bond motifs is 2. The maximum absolute atomic E-state index is 12.3. The Morgan fingerprint density at radius 1 is 1.08 bits per heavy atom. The monoisotopic (exact) mass is 350 g/mol. The lowest BCUT2D eigenvalue weighted by atomic mass is 9.38. The molecule has 140 valence electrons. The molecule has 2 N–H and O–H groups in total. The molecular weight excluding hydrogens is 320 g/mol. The number of aliphatic hydroxyl groups is 2. The fourth-order valence-corrected chi connectivity index (χ4v) is 8.13. The van der Waals surface area contributed by atoms with E-state index in [-0.39, 0.29) is 34.6 Å². The van der Waals surface area contributed by atoms with Crippen molar-refractivity contribution in [2.45, 2.75) is 78.0 Å². The lowest BCUT2D eigenvalue weighted by Gasteiger charge is -2.66. The van der Waals surface area contributed by atoms with Crippen molar-refractivity contribution in [3.05, 3.63) is 0 Å². The first-order valence-electron chi connectivity index (χ1n) is 9.95. The third-order valence-corrected chi connectivity index (χ3v) is 9.01. The van der Waals surface area contributed by atoms with Crippen LogP contribution in [0, 0.1) is 39.9 Å². The van der Waals surface area contributed by atoms with Gasteiger partial charge in [0.15, 0.2) is 6.29 Å². The predicted octanol–water partition coefficient (Wildman–Crippen LogP) is 2.44. The molecule has 0 aromatic heterocycles. The average Bonchev–Trinajstić information content (AvgIpc) is 3.00. The van der Waals surface area contributed by atoms with E-state index in [4.69, 9.17) is 9.47 Å². The summed E-state index contributed by atoms with van der Waals surface area (Å²) in [7, 11) is 0. The Morgan fingerprint density at radius 2 is 1.84 bits per heavy atom. The summed E-state index contributed by atoms with van der Waals surface area (Å²) in [6.07, 6.45) is 3.48. The van der Waals surface area contributed by atoms with Crippen molar-refractivity contribution in [3.63, 3.8) is 0 Å². The molecule has 3 aliphatic carbocycles. The van der Waals surface area contributed by atoms with E-state index in [0.717, 1.165) is 19.3 Å². The van der Waals surface area contributed by atoms with Crippen LogP contribution >= 0.6 is 0 Å². The number of rotatable bonds is 0. The molecule has 9 atom stereocenters. The van der Waals surface area contributed by atoms with Gasteiger partial charge in [-0.15, -0.1) is 0 Å². The summed E-state index contributed by atoms with van der Waals surface area (Å²) < 4.78 is 11.2. The largest absolute Gasteiger partial charge is 0.435 e. The fraction of sp³-hybridized carbons (Fsp3) is 0.950. The summed E-state index contributed by atoms with van der Waals surface area (Å²) in [4.78, 5) is 12.3. The van der Waals surface area contributed by atoms with Gasteiger partial charge in [-0.3, -0.25) is 4.79 Å². The molecule has 5 heteroatoms. The lowest BCUT2D eigenvalue weighted by Crippen LogP contribution is -2.67. The Balaban J connectivity index is 1.65. The molecule has 2 heterocycles. The molecule has 9 unspecified atom stereocenters. The summed E-state index contributed by atoms with van der Waals surface area (Å²) >= 11 is 0. The normalized spacial score (nSPS) is 58.9. The second kappa shape index (κ2) is 4.79. The van der Waals surface area contributed by atoms with Gasteiger partial charge >= 0.3 is 5.97 Å². The van der Waals surface area contributed by atoms with Crippen molar-refractivity contribution >= 4 is 5.97 Å². The van der Waals surface area contributed by atoms with Crippen LogP contribution in [0.3, 0.4) is 0 Å². The average molecular weight is 350 g/mol. The van der Waals surface area contributed by atoms with Crippen LogP contribution in [0.5, 0.6) is 0 Å². The molecule has 2 aliphatic heterocycles. The summed E-state index contributed by atoms with van der Waals surface area (Å²) in [5.74, 6) is -0.0381. The Morgan fingerprint density at radius 3 is 2.60 bits per heavy atom. The Hall–Kier alpha value is -0.650. The highest BCUT2D eigenvalue weighted by atomic mass is 16.8. The van der Waals surface area contributed by atoms with Crippen molar-refractivity contribution in [2.75, 3.05) is 0 Å². The van der Waals surface area contributed by atoms with Crippen LogP contribution in [-0.2, 0) is 14.3 Å². The first-order chi connectivity index (χ1) is 11.7. The minimum atomic E-state index is -1.04. The van der Waals surface area contributed by atoms with Crippen molar-refractivity contribution in [1.29, 1.82) is 0 Å². The summed E-state index contributed by atoms with van der Waals surface area (Å²) in [6, 6.07) is 0. The number of aliphatic hydroxyl groups excluding tert-OH is 2. The van der Waals surface area contributed by atoms with Gasteiger partial charge in [0.1, 0.15) is 0 Å². The highest BCUT2D eigenvalue weighted by Gasteiger charge is 2.77. The van der Waals surface area contributed by atoms with Gasteiger partial charge in [-0.05, 0) is 54.8 Å². The van der Waals surface area contributed by atoms with Crippen LogP contribution in [0.15, 0.2) is 0 Å². The van der Waals surface area contributed by atoms with E-state index >= 15 is 0 Å². The molecule has 5 fully saturated rings. The van der Waals surface area contributed by atoms with Gasteiger partial charge in [0.2, 0.25) is 6.29 Å². The molecule has 5 nitrogen and oxygen atoms in total. The zero-order chi connectivity index (χ0) is 17.8. The van der Waals surface area contributed by atoms with E-state index in [1.165, 1.54) is 12.8 Å². The zero-order valence-electron chi connectivity index (χ0n) is 15.4. The first-order valence-corrected chi connectivity index (χ1v) is 9.95. The Kier molecular flexibility index (Phi) is 3.16. The summed E-state index contributed by atoms with van der Waals surface area (Å²) in [6.45, 7) is 7.03. The zero-order valence-corrected chi connectivity index (χ0v) is 15.4. The molecule has 0 aromatic rings. The van der Waals surface area contributed by atoms with Crippen LogP contribution in [-0.4, -0.2) is 34.9 Å². The molecule has 5 rings (SSSR count). The topological polar surface area (TPSA) is 76.0 Å². The van der Waals surface area contributed by atoms with E-state index in [1.54, 1.807) is 0 Å². The maximum atomic E-state index is 12.3. The first kappa shape index (κ1) is 16.5. The van der Waals surface area contributed by atoms with Gasteiger partial charge in [0, 0.05) is 5.92 Å². The van der Waals surface area contributed by atoms with E-state index in [0.29, 0.717) is 12.3 Å². The molecule has 1 spiro atoms. The molecule has 0 bridgehead atoms. The molecule has 5 aliphatic rings. The van der Waals surface area contributed by atoms with Gasteiger partial charge in [-0.25, -0.2) is 0 Å². The van der Waals surface area contributed by atoms with Gasteiger partial charge in [-0.1, -0.05) is 27.2 Å². The van der Waals surface area contributed by atoms with Crippen LogP contribution in [0.2, 0.25) is 0 Å².